The number of ether oxygens (including phenoxy) is 2. The summed E-state index contributed by atoms with van der Waals surface area (Å²) in [5.74, 6) is 1.76. The standard InChI is InChI=1S/C20H35N3O2.HI/c1-6-21-19(22-14-8-9-15-25-7-2)23-16-20(3,4)17-10-12-18(24-5)13-11-17;/h10-13H,6-9,14-16H2,1-5H3,(H2,21,22,23);1H. The molecule has 0 aliphatic carbocycles. The van der Waals surface area contributed by atoms with Crippen LogP contribution in [0.1, 0.15) is 46.1 Å². The first kappa shape index (κ1) is 25.0. The van der Waals surface area contributed by atoms with Crippen LogP contribution in [0, 0.1) is 0 Å². The van der Waals surface area contributed by atoms with Gasteiger partial charge >= 0.3 is 0 Å². The Morgan fingerprint density at radius 1 is 1.08 bits per heavy atom. The molecule has 0 aliphatic heterocycles. The summed E-state index contributed by atoms with van der Waals surface area (Å²) in [5.41, 5.74) is 1.22. The molecule has 0 aromatic heterocycles. The summed E-state index contributed by atoms with van der Waals surface area (Å²) in [6, 6.07) is 8.23. The third-order valence-corrected chi connectivity index (χ3v) is 4.06. The van der Waals surface area contributed by atoms with Gasteiger partial charge in [0.2, 0.25) is 0 Å². The van der Waals surface area contributed by atoms with Crippen LogP contribution in [0.4, 0.5) is 0 Å². The van der Waals surface area contributed by atoms with Crippen LogP contribution < -0.4 is 15.4 Å². The topological polar surface area (TPSA) is 54.9 Å². The van der Waals surface area contributed by atoms with Gasteiger partial charge in [0, 0.05) is 31.7 Å². The van der Waals surface area contributed by atoms with E-state index >= 15 is 0 Å². The van der Waals surface area contributed by atoms with Crippen molar-refractivity contribution >= 4 is 29.9 Å². The first-order valence-electron chi connectivity index (χ1n) is 9.28. The predicted molar refractivity (Wildman–Crippen MR) is 121 cm³/mol. The van der Waals surface area contributed by atoms with Gasteiger partial charge < -0.3 is 20.1 Å². The molecule has 0 saturated heterocycles. The molecule has 0 spiro atoms. The van der Waals surface area contributed by atoms with E-state index in [0.29, 0.717) is 6.54 Å². The van der Waals surface area contributed by atoms with Gasteiger partial charge in [-0.2, -0.15) is 0 Å². The fraction of sp³-hybridized carbons (Fsp3) is 0.650. The number of rotatable bonds is 11. The molecule has 6 heteroatoms. The lowest BCUT2D eigenvalue weighted by Crippen LogP contribution is -2.39. The fourth-order valence-corrected chi connectivity index (χ4v) is 2.43. The highest BCUT2D eigenvalue weighted by atomic mass is 127. The minimum Gasteiger partial charge on any atom is -0.497 e. The van der Waals surface area contributed by atoms with Crippen LogP contribution in [0.5, 0.6) is 5.75 Å². The molecule has 0 atom stereocenters. The number of halogens is 1. The third kappa shape index (κ3) is 9.62. The maximum absolute atomic E-state index is 5.36. The van der Waals surface area contributed by atoms with Crippen molar-refractivity contribution in [3.05, 3.63) is 29.8 Å². The maximum Gasteiger partial charge on any atom is 0.191 e. The van der Waals surface area contributed by atoms with Crippen molar-refractivity contribution in [1.82, 2.24) is 10.6 Å². The van der Waals surface area contributed by atoms with Crippen LogP contribution in [-0.4, -0.2) is 45.9 Å². The Hall–Kier alpha value is -1.02. The van der Waals surface area contributed by atoms with E-state index in [4.69, 9.17) is 14.5 Å². The lowest BCUT2D eigenvalue weighted by molar-refractivity contribution is 0.143. The van der Waals surface area contributed by atoms with Crippen LogP contribution in [0.2, 0.25) is 0 Å². The van der Waals surface area contributed by atoms with Gasteiger partial charge in [-0.3, -0.25) is 4.99 Å². The van der Waals surface area contributed by atoms with E-state index in [-0.39, 0.29) is 29.4 Å². The molecule has 2 N–H and O–H groups in total. The molecule has 1 rings (SSSR count). The Kier molecular flexibility index (Phi) is 13.5. The highest BCUT2D eigenvalue weighted by Gasteiger charge is 2.20. The van der Waals surface area contributed by atoms with Crippen molar-refractivity contribution in [3.63, 3.8) is 0 Å². The second kappa shape index (κ2) is 14.1. The van der Waals surface area contributed by atoms with E-state index in [0.717, 1.165) is 50.9 Å². The summed E-state index contributed by atoms with van der Waals surface area (Å²) in [6.45, 7) is 12.6. The average Bonchev–Trinajstić information content (AvgIpc) is 2.62. The number of benzene rings is 1. The minimum absolute atomic E-state index is 0. The number of aliphatic imine (C=N–C) groups is 1. The second-order valence-electron chi connectivity index (χ2n) is 6.64. The Morgan fingerprint density at radius 2 is 1.77 bits per heavy atom. The van der Waals surface area contributed by atoms with Crippen LogP contribution in [0.15, 0.2) is 29.3 Å². The predicted octanol–water partition coefficient (Wildman–Crippen LogP) is 3.96. The van der Waals surface area contributed by atoms with Gasteiger partial charge in [-0.25, -0.2) is 0 Å². The smallest absolute Gasteiger partial charge is 0.191 e. The summed E-state index contributed by atoms with van der Waals surface area (Å²) < 4.78 is 10.6. The van der Waals surface area contributed by atoms with E-state index in [1.54, 1.807) is 7.11 Å². The first-order chi connectivity index (χ1) is 12.0. The molecule has 0 heterocycles. The monoisotopic (exact) mass is 477 g/mol. The van der Waals surface area contributed by atoms with Crippen molar-refractivity contribution in [2.45, 2.75) is 46.0 Å². The van der Waals surface area contributed by atoms with E-state index in [9.17, 15) is 0 Å². The van der Waals surface area contributed by atoms with Crippen LogP contribution >= 0.6 is 24.0 Å². The molecule has 0 saturated carbocycles. The minimum atomic E-state index is -0.0381. The molecular weight excluding hydrogens is 441 g/mol. The SMILES string of the molecule is CCNC(=NCC(C)(C)c1ccc(OC)cc1)NCCCCOCC.I. The molecule has 150 valence electrons. The van der Waals surface area contributed by atoms with E-state index in [1.807, 2.05) is 19.1 Å². The Morgan fingerprint density at radius 3 is 2.35 bits per heavy atom. The number of hydrogen-bond donors (Lipinski definition) is 2. The summed E-state index contributed by atoms with van der Waals surface area (Å²) >= 11 is 0. The van der Waals surface area contributed by atoms with E-state index < -0.39 is 0 Å². The zero-order chi connectivity index (χ0) is 18.5. The molecule has 0 unspecified atom stereocenters. The first-order valence-corrected chi connectivity index (χ1v) is 9.28. The number of nitrogens with one attached hydrogen (secondary N) is 2. The summed E-state index contributed by atoms with van der Waals surface area (Å²) in [5, 5.41) is 6.72. The summed E-state index contributed by atoms with van der Waals surface area (Å²) in [7, 11) is 1.69. The molecule has 26 heavy (non-hydrogen) atoms. The third-order valence-electron chi connectivity index (χ3n) is 4.06. The highest BCUT2D eigenvalue weighted by Crippen LogP contribution is 2.25. The average molecular weight is 477 g/mol. The molecule has 0 aliphatic rings. The van der Waals surface area contributed by atoms with Gasteiger partial charge in [0.05, 0.1) is 13.7 Å². The Bertz CT molecular complexity index is 504. The fourth-order valence-electron chi connectivity index (χ4n) is 2.43. The van der Waals surface area contributed by atoms with Crippen LogP contribution in [-0.2, 0) is 10.2 Å². The normalized spacial score (nSPS) is 11.7. The van der Waals surface area contributed by atoms with Gasteiger partial charge in [-0.05, 0) is 44.4 Å². The molecule has 1 aromatic rings. The molecule has 0 amide bonds. The zero-order valence-electron chi connectivity index (χ0n) is 16.9. The quantitative estimate of drug-likeness (QED) is 0.219. The van der Waals surface area contributed by atoms with Gasteiger partial charge in [-0.15, -0.1) is 24.0 Å². The number of hydrogen-bond acceptors (Lipinski definition) is 3. The van der Waals surface area contributed by atoms with Crippen molar-refractivity contribution in [2.75, 3.05) is 40.0 Å². The lowest BCUT2D eigenvalue weighted by Gasteiger charge is -2.24. The molecular formula is C20H36IN3O2. The Balaban J connectivity index is 0.00000625. The van der Waals surface area contributed by atoms with Crippen LogP contribution in [0.25, 0.3) is 0 Å². The van der Waals surface area contributed by atoms with Gasteiger partial charge in [0.25, 0.3) is 0 Å². The molecule has 0 radical (unpaired) electrons. The molecule has 0 fully saturated rings. The van der Waals surface area contributed by atoms with Crippen LogP contribution in [0.3, 0.4) is 0 Å². The van der Waals surface area contributed by atoms with Gasteiger partial charge in [0.15, 0.2) is 5.96 Å². The van der Waals surface area contributed by atoms with E-state index in [2.05, 4.69) is 43.5 Å². The van der Waals surface area contributed by atoms with Crippen molar-refractivity contribution in [1.29, 1.82) is 0 Å². The maximum atomic E-state index is 5.36. The number of nitrogens with zero attached hydrogens (tertiary/aromatic N) is 1. The van der Waals surface area contributed by atoms with Crippen molar-refractivity contribution in [3.8, 4) is 5.75 Å². The van der Waals surface area contributed by atoms with Gasteiger partial charge in [0.1, 0.15) is 5.75 Å². The largest absolute Gasteiger partial charge is 0.497 e. The van der Waals surface area contributed by atoms with Crippen molar-refractivity contribution < 1.29 is 9.47 Å². The lowest BCUT2D eigenvalue weighted by atomic mass is 9.85. The summed E-state index contributed by atoms with van der Waals surface area (Å²) in [4.78, 5) is 4.77. The number of guanidine groups is 1. The highest BCUT2D eigenvalue weighted by molar-refractivity contribution is 14.0. The Labute approximate surface area is 176 Å². The summed E-state index contributed by atoms with van der Waals surface area (Å²) in [6.07, 6.45) is 2.14. The number of methoxy groups -OCH3 is 1. The molecule has 1 aromatic carbocycles. The van der Waals surface area contributed by atoms with Gasteiger partial charge in [-0.1, -0.05) is 26.0 Å². The van der Waals surface area contributed by atoms with E-state index in [1.165, 1.54) is 5.56 Å². The molecule has 0 bridgehead atoms. The van der Waals surface area contributed by atoms with Crippen molar-refractivity contribution in [2.24, 2.45) is 4.99 Å². The second-order valence-corrected chi connectivity index (χ2v) is 6.64. The number of unbranched alkanes of at least 4 members (excludes halogenated alkanes) is 1. The molecule has 5 nitrogen and oxygen atoms in total. The zero-order valence-corrected chi connectivity index (χ0v) is 19.3.